The minimum atomic E-state index is -0.330. The van der Waals surface area contributed by atoms with Gasteiger partial charge in [-0.05, 0) is 44.5 Å². The lowest BCUT2D eigenvalue weighted by molar-refractivity contribution is 0.229. The van der Waals surface area contributed by atoms with Crippen LogP contribution >= 0.6 is 0 Å². The van der Waals surface area contributed by atoms with Crippen molar-refractivity contribution < 1.29 is 13.5 Å². The van der Waals surface area contributed by atoms with E-state index in [9.17, 15) is 8.78 Å². The van der Waals surface area contributed by atoms with Crippen LogP contribution in [-0.2, 0) is 0 Å². The summed E-state index contributed by atoms with van der Waals surface area (Å²) in [5, 5.41) is 6.61. The van der Waals surface area contributed by atoms with Gasteiger partial charge in [0.05, 0.1) is 6.54 Å². The number of nitrogens with one attached hydrogen (secondary N) is 2. The van der Waals surface area contributed by atoms with Crippen LogP contribution in [0.4, 0.5) is 14.6 Å². The fourth-order valence-electron chi connectivity index (χ4n) is 3.22. The summed E-state index contributed by atoms with van der Waals surface area (Å²) in [5.74, 6) is 0.904. The quantitative estimate of drug-likeness (QED) is 0.550. The van der Waals surface area contributed by atoms with Crippen LogP contribution in [0.1, 0.15) is 20.3 Å². The average molecular weight is 403 g/mol. The number of aliphatic imine (C=N–C) groups is 1. The van der Waals surface area contributed by atoms with Crippen molar-refractivity contribution in [3.8, 4) is 5.75 Å². The van der Waals surface area contributed by atoms with E-state index in [0.717, 1.165) is 19.5 Å². The Bertz CT molecular complexity index is 832. The SMILES string of the molecule is CCNC(=NCC(C)Oc1cccc(F)c1)NC1CCN(c2ncccc2F)C1. The van der Waals surface area contributed by atoms with Crippen LogP contribution in [0, 0.1) is 11.6 Å². The maximum atomic E-state index is 14.0. The first-order valence-electron chi connectivity index (χ1n) is 9.87. The summed E-state index contributed by atoms with van der Waals surface area (Å²) in [6.45, 7) is 6.39. The number of hydrogen-bond donors (Lipinski definition) is 2. The van der Waals surface area contributed by atoms with E-state index < -0.39 is 0 Å². The highest BCUT2D eigenvalue weighted by atomic mass is 19.1. The summed E-state index contributed by atoms with van der Waals surface area (Å²) in [6, 6.07) is 9.22. The molecule has 1 fully saturated rings. The van der Waals surface area contributed by atoms with E-state index in [1.54, 1.807) is 24.4 Å². The van der Waals surface area contributed by atoms with Crippen molar-refractivity contribution in [1.82, 2.24) is 15.6 Å². The first-order valence-corrected chi connectivity index (χ1v) is 9.87. The zero-order chi connectivity index (χ0) is 20.6. The van der Waals surface area contributed by atoms with Crippen LogP contribution in [0.25, 0.3) is 0 Å². The first-order chi connectivity index (χ1) is 14.0. The molecule has 0 radical (unpaired) electrons. The molecule has 1 aliphatic heterocycles. The van der Waals surface area contributed by atoms with Crippen molar-refractivity contribution in [1.29, 1.82) is 0 Å². The fourth-order valence-corrected chi connectivity index (χ4v) is 3.22. The molecule has 0 bridgehead atoms. The third kappa shape index (κ3) is 6.04. The van der Waals surface area contributed by atoms with Crippen molar-refractivity contribution in [2.24, 2.45) is 4.99 Å². The van der Waals surface area contributed by atoms with Crippen LogP contribution in [-0.4, -0.2) is 49.3 Å². The largest absolute Gasteiger partial charge is 0.489 e. The molecular weight excluding hydrogens is 376 g/mol. The van der Waals surface area contributed by atoms with Gasteiger partial charge >= 0.3 is 0 Å². The van der Waals surface area contributed by atoms with E-state index >= 15 is 0 Å². The molecule has 0 amide bonds. The Morgan fingerprint density at radius 3 is 2.97 bits per heavy atom. The summed E-state index contributed by atoms with van der Waals surface area (Å²) in [5.41, 5.74) is 0. The van der Waals surface area contributed by atoms with Gasteiger partial charge in [0.15, 0.2) is 17.6 Å². The molecule has 1 saturated heterocycles. The molecule has 2 unspecified atom stereocenters. The van der Waals surface area contributed by atoms with Gasteiger partial charge in [-0.1, -0.05) is 6.07 Å². The van der Waals surface area contributed by atoms with Crippen molar-refractivity contribution in [2.45, 2.75) is 32.4 Å². The van der Waals surface area contributed by atoms with Gasteiger partial charge in [-0.3, -0.25) is 0 Å². The number of anilines is 1. The maximum absolute atomic E-state index is 14.0. The number of benzene rings is 1. The highest BCUT2D eigenvalue weighted by Gasteiger charge is 2.26. The lowest BCUT2D eigenvalue weighted by Crippen LogP contribution is -2.45. The normalized spacial score (nSPS) is 17.9. The molecule has 6 nitrogen and oxygen atoms in total. The molecule has 1 aliphatic rings. The Balaban J connectivity index is 1.55. The highest BCUT2D eigenvalue weighted by molar-refractivity contribution is 5.80. The van der Waals surface area contributed by atoms with Crippen molar-refractivity contribution in [2.75, 3.05) is 31.1 Å². The van der Waals surface area contributed by atoms with Gasteiger partial charge in [0.1, 0.15) is 17.7 Å². The fraction of sp³-hybridized carbons (Fsp3) is 0.429. The molecular formula is C21H27F2N5O. The molecule has 3 rings (SSSR count). The van der Waals surface area contributed by atoms with E-state index in [1.165, 1.54) is 18.2 Å². The van der Waals surface area contributed by atoms with E-state index in [1.807, 2.05) is 18.7 Å². The van der Waals surface area contributed by atoms with E-state index in [0.29, 0.717) is 30.6 Å². The second-order valence-corrected chi connectivity index (χ2v) is 6.99. The Hall–Kier alpha value is -2.90. The molecule has 0 aliphatic carbocycles. The number of guanidine groups is 1. The first kappa shape index (κ1) is 20.8. The molecule has 2 N–H and O–H groups in total. The molecule has 0 saturated carbocycles. The third-order valence-corrected chi connectivity index (χ3v) is 4.55. The summed E-state index contributed by atoms with van der Waals surface area (Å²) >= 11 is 0. The minimum absolute atomic E-state index is 0.133. The van der Waals surface area contributed by atoms with Crippen LogP contribution < -0.4 is 20.3 Å². The molecule has 8 heteroatoms. The summed E-state index contributed by atoms with van der Waals surface area (Å²) in [7, 11) is 0. The smallest absolute Gasteiger partial charge is 0.191 e. The van der Waals surface area contributed by atoms with Gasteiger partial charge in [0.25, 0.3) is 0 Å². The molecule has 2 aromatic rings. The predicted octanol–water partition coefficient (Wildman–Crippen LogP) is 2.96. The van der Waals surface area contributed by atoms with Crippen LogP contribution in [0.3, 0.4) is 0 Å². The molecule has 2 heterocycles. The zero-order valence-electron chi connectivity index (χ0n) is 16.7. The van der Waals surface area contributed by atoms with Gasteiger partial charge in [-0.25, -0.2) is 18.8 Å². The minimum Gasteiger partial charge on any atom is -0.489 e. The van der Waals surface area contributed by atoms with Crippen LogP contribution in [0.15, 0.2) is 47.6 Å². The lowest BCUT2D eigenvalue weighted by atomic mass is 10.3. The Labute approximate surface area is 170 Å². The van der Waals surface area contributed by atoms with Gasteiger partial charge < -0.3 is 20.3 Å². The van der Waals surface area contributed by atoms with E-state index in [4.69, 9.17) is 4.74 Å². The van der Waals surface area contributed by atoms with Crippen LogP contribution in [0.2, 0.25) is 0 Å². The van der Waals surface area contributed by atoms with Crippen molar-refractivity contribution in [3.05, 3.63) is 54.2 Å². The molecule has 0 spiro atoms. The van der Waals surface area contributed by atoms with E-state index in [2.05, 4.69) is 20.6 Å². The second-order valence-electron chi connectivity index (χ2n) is 6.99. The molecule has 1 aromatic carbocycles. The van der Waals surface area contributed by atoms with E-state index in [-0.39, 0.29) is 23.8 Å². The molecule has 2 atom stereocenters. The topological polar surface area (TPSA) is 61.8 Å². The Morgan fingerprint density at radius 2 is 2.21 bits per heavy atom. The number of nitrogens with zero attached hydrogens (tertiary/aromatic N) is 3. The third-order valence-electron chi connectivity index (χ3n) is 4.55. The van der Waals surface area contributed by atoms with Crippen molar-refractivity contribution >= 4 is 11.8 Å². The summed E-state index contributed by atoms with van der Waals surface area (Å²) in [6.07, 6.45) is 2.25. The summed E-state index contributed by atoms with van der Waals surface area (Å²) < 4.78 is 33.0. The number of aromatic nitrogens is 1. The molecule has 1 aromatic heterocycles. The number of ether oxygens (including phenoxy) is 1. The van der Waals surface area contributed by atoms with Gasteiger partial charge in [-0.15, -0.1) is 0 Å². The predicted molar refractivity (Wildman–Crippen MR) is 110 cm³/mol. The van der Waals surface area contributed by atoms with Crippen LogP contribution in [0.5, 0.6) is 5.75 Å². The zero-order valence-corrected chi connectivity index (χ0v) is 16.7. The van der Waals surface area contributed by atoms with Gasteiger partial charge in [0.2, 0.25) is 0 Å². The number of hydrogen-bond acceptors (Lipinski definition) is 4. The summed E-state index contributed by atoms with van der Waals surface area (Å²) in [4.78, 5) is 10.7. The lowest BCUT2D eigenvalue weighted by Gasteiger charge is -2.20. The second kappa shape index (κ2) is 10.0. The standard InChI is InChI=1S/C21H27F2N5O/c1-3-24-21(26-13-15(2)29-18-7-4-6-16(22)12-18)27-17-9-11-28(14-17)20-19(23)8-5-10-25-20/h4-8,10,12,15,17H,3,9,11,13-14H2,1-2H3,(H2,24,26,27). The van der Waals surface area contributed by atoms with Crippen molar-refractivity contribution in [3.63, 3.8) is 0 Å². The molecule has 156 valence electrons. The van der Waals surface area contributed by atoms with Gasteiger partial charge in [-0.2, -0.15) is 0 Å². The number of halogens is 2. The monoisotopic (exact) mass is 403 g/mol. The average Bonchev–Trinajstić information content (AvgIpc) is 3.15. The maximum Gasteiger partial charge on any atom is 0.191 e. The number of rotatable bonds is 7. The molecule has 29 heavy (non-hydrogen) atoms. The Morgan fingerprint density at radius 1 is 1.34 bits per heavy atom. The van der Waals surface area contributed by atoms with Gasteiger partial charge in [0, 0.05) is 37.9 Å². The number of pyridine rings is 1. The Kier molecular flexibility index (Phi) is 7.21. The highest BCUT2D eigenvalue weighted by Crippen LogP contribution is 2.20.